The maximum absolute atomic E-state index is 12.6. The lowest BCUT2D eigenvalue weighted by atomic mass is 10.1. The van der Waals surface area contributed by atoms with Gasteiger partial charge in [0.2, 0.25) is 5.91 Å². The molecule has 0 heterocycles. The summed E-state index contributed by atoms with van der Waals surface area (Å²) in [4.78, 5) is 36.4. The van der Waals surface area contributed by atoms with Crippen LogP contribution in [0.15, 0.2) is 48.5 Å². The summed E-state index contributed by atoms with van der Waals surface area (Å²) >= 11 is 0. The lowest BCUT2D eigenvalue weighted by Crippen LogP contribution is -2.33. The first-order valence-corrected chi connectivity index (χ1v) is 9.57. The number of amides is 2. The van der Waals surface area contributed by atoms with Crippen LogP contribution in [0.1, 0.15) is 53.3 Å². The third-order valence-electron chi connectivity index (χ3n) is 4.86. The highest BCUT2D eigenvalue weighted by Gasteiger charge is 2.20. The van der Waals surface area contributed by atoms with E-state index in [0.717, 1.165) is 25.7 Å². The minimum Gasteiger partial charge on any atom is -0.376 e. The highest BCUT2D eigenvalue weighted by Crippen LogP contribution is 2.20. The molecule has 0 atom stereocenters. The van der Waals surface area contributed by atoms with E-state index in [-0.39, 0.29) is 30.2 Å². The van der Waals surface area contributed by atoms with Gasteiger partial charge in [-0.05, 0) is 44.0 Å². The maximum Gasteiger partial charge on any atom is 0.253 e. The van der Waals surface area contributed by atoms with E-state index in [0.29, 0.717) is 22.5 Å². The molecule has 0 unspecified atom stereocenters. The van der Waals surface area contributed by atoms with Crippen molar-refractivity contribution in [2.45, 2.75) is 38.6 Å². The number of ketones is 1. The third-order valence-corrected chi connectivity index (χ3v) is 4.86. The number of carbonyl (C=O) groups excluding carboxylic acids is 3. The average Bonchev–Trinajstić information content (AvgIpc) is 3.20. The smallest absolute Gasteiger partial charge is 0.253 e. The molecule has 1 aliphatic carbocycles. The fraction of sp³-hybridized carbons (Fsp3) is 0.318. The van der Waals surface area contributed by atoms with E-state index < -0.39 is 0 Å². The molecule has 1 aliphatic rings. The molecule has 2 aromatic carbocycles. The number of hydrogen-bond donors (Lipinski definition) is 3. The Hall–Kier alpha value is -3.15. The monoisotopic (exact) mass is 379 g/mol. The van der Waals surface area contributed by atoms with E-state index in [4.69, 9.17) is 0 Å². The second kappa shape index (κ2) is 9.17. The van der Waals surface area contributed by atoms with Gasteiger partial charge in [0.1, 0.15) is 0 Å². The van der Waals surface area contributed by atoms with Crippen LogP contribution in [-0.2, 0) is 4.79 Å². The SMILES string of the molecule is CC(=O)c1cccc(NCC(=O)Nc2ccccc2C(=O)NC2CCCC2)c1. The van der Waals surface area contributed by atoms with Gasteiger partial charge in [0.05, 0.1) is 17.8 Å². The number of para-hydroxylation sites is 1. The van der Waals surface area contributed by atoms with Gasteiger partial charge in [0.25, 0.3) is 5.91 Å². The third kappa shape index (κ3) is 5.19. The standard InChI is InChI=1S/C22H25N3O3/c1-15(26)16-7-6-10-18(13-16)23-14-21(27)25-20-12-5-4-11-19(20)22(28)24-17-8-2-3-9-17/h4-7,10-13,17,23H,2-3,8-9,14H2,1H3,(H,24,28)(H,25,27). The Morgan fingerprint density at radius 2 is 1.75 bits per heavy atom. The summed E-state index contributed by atoms with van der Waals surface area (Å²) in [6.45, 7) is 1.53. The van der Waals surface area contributed by atoms with Gasteiger partial charge in [0, 0.05) is 17.3 Å². The predicted octanol–water partition coefficient (Wildman–Crippen LogP) is 3.61. The van der Waals surface area contributed by atoms with Crippen LogP contribution in [0.25, 0.3) is 0 Å². The van der Waals surface area contributed by atoms with Gasteiger partial charge in [0.15, 0.2) is 5.78 Å². The minimum absolute atomic E-state index is 0.0277. The zero-order valence-corrected chi connectivity index (χ0v) is 16.0. The first kappa shape index (κ1) is 19.6. The Labute approximate surface area is 164 Å². The number of carbonyl (C=O) groups is 3. The Bertz CT molecular complexity index is 873. The molecule has 28 heavy (non-hydrogen) atoms. The van der Waals surface area contributed by atoms with E-state index in [2.05, 4.69) is 16.0 Å². The van der Waals surface area contributed by atoms with Crippen molar-refractivity contribution in [2.75, 3.05) is 17.2 Å². The molecule has 0 spiro atoms. The fourth-order valence-corrected chi connectivity index (χ4v) is 3.35. The van der Waals surface area contributed by atoms with Crippen molar-refractivity contribution in [3.63, 3.8) is 0 Å². The molecule has 146 valence electrons. The van der Waals surface area contributed by atoms with Crippen LogP contribution in [0.2, 0.25) is 0 Å². The fourth-order valence-electron chi connectivity index (χ4n) is 3.35. The van der Waals surface area contributed by atoms with E-state index in [1.54, 1.807) is 48.5 Å². The van der Waals surface area contributed by atoms with Crippen LogP contribution in [0.5, 0.6) is 0 Å². The van der Waals surface area contributed by atoms with Crippen LogP contribution in [-0.4, -0.2) is 30.2 Å². The van der Waals surface area contributed by atoms with E-state index in [1.807, 2.05) is 0 Å². The molecule has 0 saturated heterocycles. The van der Waals surface area contributed by atoms with E-state index >= 15 is 0 Å². The number of hydrogen-bond acceptors (Lipinski definition) is 4. The topological polar surface area (TPSA) is 87.3 Å². The first-order valence-electron chi connectivity index (χ1n) is 9.57. The molecular formula is C22H25N3O3. The van der Waals surface area contributed by atoms with Crippen LogP contribution < -0.4 is 16.0 Å². The molecule has 3 rings (SSSR count). The van der Waals surface area contributed by atoms with Crippen molar-refractivity contribution in [2.24, 2.45) is 0 Å². The molecule has 0 radical (unpaired) electrons. The van der Waals surface area contributed by atoms with Crippen molar-refractivity contribution in [1.29, 1.82) is 0 Å². The van der Waals surface area contributed by atoms with Crippen molar-refractivity contribution in [3.8, 4) is 0 Å². The molecule has 6 heteroatoms. The Kier molecular flexibility index (Phi) is 6.42. The number of rotatable bonds is 7. The predicted molar refractivity (Wildman–Crippen MR) is 110 cm³/mol. The van der Waals surface area contributed by atoms with Crippen LogP contribution in [0.4, 0.5) is 11.4 Å². The number of Topliss-reactive ketones (excluding diaryl/α,β-unsaturated/α-hetero) is 1. The second-order valence-corrected chi connectivity index (χ2v) is 7.04. The summed E-state index contributed by atoms with van der Waals surface area (Å²) in [6, 6.07) is 14.2. The highest BCUT2D eigenvalue weighted by molar-refractivity contribution is 6.04. The van der Waals surface area contributed by atoms with E-state index in [9.17, 15) is 14.4 Å². The van der Waals surface area contributed by atoms with Gasteiger partial charge in [-0.2, -0.15) is 0 Å². The van der Waals surface area contributed by atoms with Gasteiger partial charge >= 0.3 is 0 Å². The van der Waals surface area contributed by atoms with Crippen molar-refractivity contribution < 1.29 is 14.4 Å². The average molecular weight is 379 g/mol. The van der Waals surface area contributed by atoms with Crippen LogP contribution >= 0.6 is 0 Å². The highest BCUT2D eigenvalue weighted by atomic mass is 16.2. The molecule has 0 bridgehead atoms. The lowest BCUT2D eigenvalue weighted by molar-refractivity contribution is -0.114. The largest absolute Gasteiger partial charge is 0.376 e. The van der Waals surface area contributed by atoms with Gasteiger partial charge in [-0.15, -0.1) is 0 Å². The molecule has 0 aromatic heterocycles. The maximum atomic E-state index is 12.6. The van der Waals surface area contributed by atoms with Gasteiger partial charge < -0.3 is 16.0 Å². The zero-order chi connectivity index (χ0) is 19.9. The summed E-state index contributed by atoms with van der Waals surface area (Å²) < 4.78 is 0. The van der Waals surface area contributed by atoms with Gasteiger partial charge in [-0.3, -0.25) is 14.4 Å². The minimum atomic E-state index is -0.269. The zero-order valence-electron chi connectivity index (χ0n) is 16.0. The van der Waals surface area contributed by atoms with Crippen molar-refractivity contribution in [1.82, 2.24) is 5.32 Å². The summed E-state index contributed by atoms with van der Waals surface area (Å²) in [5.41, 5.74) is 2.22. The number of nitrogens with one attached hydrogen (secondary N) is 3. The number of anilines is 2. The summed E-state index contributed by atoms with van der Waals surface area (Å²) in [6.07, 6.45) is 4.28. The first-order chi connectivity index (χ1) is 13.5. The van der Waals surface area contributed by atoms with E-state index in [1.165, 1.54) is 6.92 Å². The molecule has 3 N–H and O–H groups in total. The Morgan fingerprint density at radius 1 is 1.00 bits per heavy atom. The molecule has 0 aliphatic heterocycles. The second-order valence-electron chi connectivity index (χ2n) is 7.04. The molecular weight excluding hydrogens is 354 g/mol. The normalized spacial score (nSPS) is 13.8. The molecule has 1 saturated carbocycles. The molecule has 2 amide bonds. The molecule has 2 aromatic rings. The van der Waals surface area contributed by atoms with Crippen LogP contribution in [0.3, 0.4) is 0 Å². The van der Waals surface area contributed by atoms with Gasteiger partial charge in [-0.1, -0.05) is 37.1 Å². The summed E-state index contributed by atoms with van der Waals surface area (Å²) in [7, 11) is 0. The molecule has 1 fully saturated rings. The van der Waals surface area contributed by atoms with Crippen LogP contribution in [0, 0.1) is 0 Å². The number of benzene rings is 2. The lowest BCUT2D eigenvalue weighted by Gasteiger charge is -2.15. The summed E-state index contributed by atoms with van der Waals surface area (Å²) in [5, 5.41) is 8.84. The molecule has 6 nitrogen and oxygen atoms in total. The summed E-state index contributed by atoms with van der Waals surface area (Å²) in [5.74, 6) is -0.463. The Balaban J connectivity index is 1.60. The Morgan fingerprint density at radius 3 is 2.50 bits per heavy atom. The van der Waals surface area contributed by atoms with Crippen molar-refractivity contribution >= 4 is 29.0 Å². The van der Waals surface area contributed by atoms with Gasteiger partial charge in [-0.25, -0.2) is 0 Å². The quantitative estimate of drug-likeness (QED) is 0.641. The van der Waals surface area contributed by atoms with Crippen molar-refractivity contribution in [3.05, 3.63) is 59.7 Å².